The van der Waals surface area contributed by atoms with E-state index in [4.69, 9.17) is 8.85 Å². The summed E-state index contributed by atoms with van der Waals surface area (Å²) in [5.41, 5.74) is -0.789. The molecule has 0 aromatic carbocycles. The summed E-state index contributed by atoms with van der Waals surface area (Å²) in [7, 11) is 1.70. The van der Waals surface area contributed by atoms with Crippen LogP contribution in [0.5, 0.6) is 0 Å². The third kappa shape index (κ3) is 3.53. The van der Waals surface area contributed by atoms with Gasteiger partial charge in [0.25, 0.3) is 0 Å². The van der Waals surface area contributed by atoms with Crippen molar-refractivity contribution in [1.82, 2.24) is 0 Å². The summed E-state index contributed by atoms with van der Waals surface area (Å²) in [5.74, 6) is 1.16. The average molecular weight is 248 g/mol. The monoisotopic (exact) mass is 248 g/mol. The van der Waals surface area contributed by atoms with Gasteiger partial charge in [0.2, 0.25) is 0 Å². The Balaban J connectivity index is 0.000000168. The van der Waals surface area contributed by atoms with Crippen molar-refractivity contribution in [2.45, 2.75) is 51.4 Å². The van der Waals surface area contributed by atoms with Crippen molar-refractivity contribution in [2.24, 2.45) is 11.8 Å². The van der Waals surface area contributed by atoms with E-state index in [0.29, 0.717) is 5.92 Å². The van der Waals surface area contributed by atoms with E-state index in [9.17, 15) is 4.39 Å². The molecule has 0 aliphatic heterocycles. The minimum atomic E-state index is -1.65. The molecule has 2 bridgehead atoms. The summed E-state index contributed by atoms with van der Waals surface area (Å²) in [6.45, 7) is 5.76. The van der Waals surface area contributed by atoms with E-state index in [-0.39, 0.29) is 0 Å². The van der Waals surface area contributed by atoms with Gasteiger partial charge in [-0.2, -0.15) is 0 Å². The van der Waals surface area contributed by atoms with Crippen molar-refractivity contribution in [3.05, 3.63) is 0 Å². The summed E-state index contributed by atoms with van der Waals surface area (Å²) in [5, 5.41) is 0. The molecule has 96 valence electrons. The van der Waals surface area contributed by atoms with Gasteiger partial charge < -0.3 is 8.85 Å². The zero-order chi connectivity index (χ0) is 12.4. The lowest BCUT2D eigenvalue weighted by molar-refractivity contribution is 0.109. The van der Waals surface area contributed by atoms with Gasteiger partial charge in [-0.05, 0) is 57.5 Å². The van der Waals surface area contributed by atoms with Crippen LogP contribution < -0.4 is 0 Å². The molecule has 0 amide bonds. The minimum Gasteiger partial charge on any atom is -0.398 e. The minimum absolute atomic E-state index is 0.419. The van der Waals surface area contributed by atoms with Crippen molar-refractivity contribution in [1.29, 1.82) is 0 Å². The Bertz CT molecular complexity index is 225. The Hall–Kier alpha value is 0.0669. The van der Waals surface area contributed by atoms with Crippen molar-refractivity contribution in [3.63, 3.8) is 0 Å². The molecule has 0 radical (unpaired) electrons. The van der Waals surface area contributed by atoms with E-state index in [2.05, 4.69) is 0 Å². The Labute approximate surface area is 99.8 Å². The van der Waals surface area contributed by atoms with Gasteiger partial charge in [-0.3, -0.25) is 0 Å². The first kappa shape index (κ1) is 14.1. The van der Waals surface area contributed by atoms with Crippen LogP contribution in [-0.2, 0) is 8.85 Å². The number of alkyl halides is 1. The second-order valence-electron chi connectivity index (χ2n) is 5.67. The molecule has 0 saturated heterocycles. The van der Waals surface area contributed by atoms with Gasteiger partial charge in [-0.15, -0.1) is 0 Å². The summed E-state index contributed by atoms with van der Waals surface area (Å²) >= 11 is 0. The first-order valence-corrected chi connectivity index (χ1v) is 8.91. The Kier molecular flexibility index (Phi) is 4.55. The maximum absolute atomic E-state index is 13.3. The van der Waals surface area contributed by atoms with Crippen LogP contribution in [0.25, 0.3) is 0 Å². The van der Waals surface area contributed by atoms with Gasteiger partial charge >= 0.3 is 8.56 Å². The molecule has 0 aromatic rings. The Morgan fingerprint density at radius 3 is 1.88 bits per heavy atom. The molecular formula is C12H25FO2Si. The highest BCUT2D eigenvalue weighted by molar-refractivity contribution is 6.64. The molecule has 2 fully saturated rings. The molecule has 0 aromatic heterocycles. The predicted molar refractivity (Wildman–Crippen MR) is 66.5 cm³/mol. The van der Waals surface area contributed by atoms with Crippen LogP contribution in [0.15, 0.2) is 0 Å². The van der Waals surface area contributed by atoms with Gasteiger partial charge in [0.1, 0.15) is 5.67 Å². The van der Waals surface area contributed by atoms with Gasteiger partial charge in [0.15, 0.2) is 0 Å². The summed E-state index contributed by atoms with van der Waals surface area (Å²) < 4.78 is 23.3. The van der Waals surface area contributed by atoms with E-state index in [0.717, 1.165) is 18.8 Å². The molecule has 0 N–H and O–H groups in total. The molecule has 3 unspecified atom stereocenters. The first-order chi connectivity index (χ1) is 7.30. The maximum Gasteiger partial charge on any atom is 0.331 e. The van der Waals surface area contributed by atoms with E-state index < -0.39 is 14.2 Å². The third-order valence-corrected chi connectivity index (χ3v) is 6.03. The van der Waals surface area contributed by atoms with Crippen LogP contribution >= 0.6 is 0 Å². The highest BCUT2D eigenvalue weighted by Gasteiger charge is 2.48. The molecule has 2 aliphatic rings. The zero-order valence-electron chi connectivity index (χ0n) is 11.2. The SMILES string of the molecule is CC1(F)CC2CCC1C2.CO[Si](C)(C)OC. The topological polar surface area (TPSA) is 18.5 Å². The predicted octanol–water partition coefficient (Wildman–Crippen LogP) is 3.52. The third-order valence-electron chi connectivity index (χ3n) is 4.06. The molecule has 2 saturated carbocycles. The van der Waals surface area contributed by atoms with E-state index in [1.807, 2.05) is 13.1 Å². The summed E-state index contributed by atoms with van der Waals surface area (Å²) in [6, 6.07) is 0. The van der Waals surface area contributed by atoms with Crippen molar-refractivity contribution in [2.75, 3.05) is 14.2 Å². The van der Waals surface area contributed by atoms with Crippen molar-refractivity contribution >= 4 is 8.56 Å². The van der Waals surface area contributed by atoms with E-state index in [1.54, 1.807) is 21.1 Å². The zero-order valence-corrected chi connectivity index (χ0v) is 12.2. The van der Waals surface area contributed by atoms with E-state index >= 15 is 0 Å². The molecule has 2 aliphatic carbocycles. The summed E-state index contributed by atoms with van der Waals surface area (Å²) in [6.07, 6.45) is 4.46. The lowest BCUT2D eigenvalue weighted by Gasteiger charge is -2.24. The number of halogens is 1. The molecule has 0 spiro atoms. The maximum atomic E-state index is 13.3. The smallest absolute Gasteiger partial charge is 0.331 e. The van der Waals surface area contributed by atoms with Crippen LogP contribution in [0.2, 0.25) is 13.1 Å². The standard InChI is InChI=1S/C8H13F.C4H12O2Si/c1-8(9)5-6-2-3-7(8)4-6;1-5-7(3,4)6-2/h6-7H,2-5H2,1H3;1-4H3. The van der Waals surface area contributed by atoms with Crippen LogP contribution in [0.1, 0.15) is 32.6 Å². The van der Waals surface area contributed by atoms with Gasteiger partial charge in [-0.25, -0.2) is 4.39 Å². The second-order valence-corrected chi connectivity index (χ2v) is 9.28. The van der Waals surface area contributed by atoms with Gasteiger partial charge in [0, 0.05) is 14.2 Å². The number of hydrogen-bond acceptors (Lipinski definition) is 2. The first-order valence-electron chi connectivity index (χ1n) is 6.10. The van der Waals surface area contributed by atoms with Crippen molar-refractivity contribution < 1.29 is 13.2 Å². The highest BCUT2D eigenvalue weighted by Crippen LogP contribution is 2.52. The van der Waals surface area contributed by atoms with E-state index in [1.165, 1.54) is 12.8 Å². The fourth-order valence-corrected chi connectivity index (χ4v) is 2.79. The molecular weight excluding hydrogens is 223 g/mol. The van der Waals surface area contributed by atoms with Crippen LogP contribution in [0, 0.1) is 11.8 Å². The van der Waals surface area contributed by atoms with Gasteiger partial charge in [0.05, 0.1) is 0 Å². The normalized spacial score (nSPS) is 37.1. The second kappa shape index (κ2) is 5.15. The average Bonchev–Trinajstić information content (AvgIpc) is 2.77. The number of hydrogen-bond donors (Lipinski definition) is 0. The van der Waals surface area contributed by atoms with Crippen LogP contribution in [0.4, 0.5) is 4.39 Å². The Morgan fingerprint density at radius 1 is 1.19 bits per heavy atom. The lowest BCUT2D eigenvalue weighted by atomic mass is 9.88. The van der Waals surface area contributed by atoms with Crippen LogP contribution in [-0.4, -0.2) is 28.4 Å². The quantitative estimate of drug-likeness (QED) is 0.696. The molecule has 2 rings (SSSR count). The van der Waals surface area contributed by atoms with Crippen molar-refractivity contribution in [3.8, 4) is 0 Å². The fraction of sp³-hybridized carbons (Fsp3) is 1.00. The largest absolute Gasteiger partial charge is 0.398 e. The van der Waals surface area contributed by atoms with Crippen LogP contribution in [0.3, 0.4) is 0 Å². The highest BCUT2D eigenvalue weighted by atomic mass is 28.4. The number of rotatable bonds is 2. The van der Waals surface area contributed by atoms with Gasteiger partial charge in [-0.1, -0.05) is 0 Å². The Morgan fingerprint density at radius 2 is 1.75 bits per heavy atom. The molecule has 2 nitrogen and oxygen atoms in total. The molecule has 16 heavy (non-hydrogen) atoms. The lowest BCUT2D eigenvalue weighted by Crippen LogP contribution is -2.31. The summed E-state index contributed by atoms with van der Waals surface area (Å²) in [4.78, 5) is 0. The molecule has 3 atom stereocenters. The number of fused-ring (bicyclic) bond motifs is 2. The molecule has 0 heterocycles. The fourth-order valence-electron chi connectivity index (χ4n) is 2.62. The molecule has 4 heteroatoms.